The molecule has 104 valence electrons. The summed E-state index contributed by atoms with van der Waals surface area (Å²) in [5.74, 6) is 0.213. The molecule has 0 radical (unpaired) electrons. The molecule has 1 aliphatic heterocycles. The standard InChI is InChI=1S/C14H26N2O2/c1-5-6-7-8-9-16-12(10(2)3)13(17)15-11(4)14(16)18/h10-12H,5-9H2,1-4H3,(H,15,17). The van der Waals surface area contributed by atoms with Gasteiger partial charge in [-0.25, -0.2) is 0 Å². The Morgan fingerprint density at radius 1 is 1.22 bits per heavy atom. The predicted octanol–water partition coefficient (Wildman–Crippen LogP) is 1.94. The zero-order chi connectivity index (χ0) is 13.7. The lowest BCUT2D eigenvalue weighted by Crippen LogP contribution is -2.64. The van der Waals surface area contributed by atoms with Gasteiger partial charge >= 0.3 is 0 Å². The monoisotopic (exact) mass is 254 g/mol. The van der Waals surface area contributed by atoms with E-state index in [0.717, 1.165) is 12.8 Å². The molecule has 4 heteroatoms. The van der Waals surface area contributed by atoms with E-state index < -0.39 is 0 Å². The Balaban J connectivity index is 2.66. The van der Waals surface area contributed by atoms with E-state index in [1.165, 1.54) is 12.8 Å². The molecular weight excluding hydrogens is 228 g/mol. The lowest BCUT2D eigenvalue weighted by molar-refractivity contribution is -0.150. The number of carbonyl (C=O) groups is 2. The highest BCUT2D eigenvalue weighted by atomic mass is 16.2. The van der Waals surface area contributed by atoms with Gasteiger partial charge in [0.25, 0.3) is 0 Å². The van der Waals surface area contributed by atoms with Crippen molar-refractivity contribution in [3.8, 4) is 0 Å². The van der Waals surface area contributed by atoms with Crippen LogP contribution in [0.3, 0.4) is 0 Å². The van der Waals surface area contributed by atoms with Gasteiger partial charge < -0.3 is 10.2 Å². The fraction of sp³-hybridized carbons (Fsp3) is 0.857. The largest absolute Gasteiger partial charge is 0.343 e. The molecular formula is C14H26N2O2. The molecule has 2 amide bonds. The maximum Gasteiger partial charge on any atom is 0.245 e. The minimum Gasteiger partial charge on any atom is -0.343 e. The van der Waals surface area contributed by atoms with Crippen LogP contribution < -0.4 is 5.32 Å². The van der Waals surface area contributed by atoms with Crippen molar-refractivity contribution in [2.45, 2.75) is 65.5 Å². The Kier molecular flexibility index (Phi) is 5.63. The van der Waals surface area contributed by atoms with E-state index in [9.17, 15) is 9.59 Å². The molecule has 2 atom stereocenters. The predicted molar refractivity (Wildman–Crippen MR) is 72.1 cm³/mol. The van der Waals surface area contributed by atoms with E-state index >= 15 is 0 Å². The summed E-state index contributed by atoms with van der Waals surface area (Å²) in [5, 5.41) is 2.76. The fourth-order valence-electron chi connectivity index (χ4n) is 2.51. The molecule has 1 rings (SSSR count). The van der Waals surface area contributed by atoms with Gasteiger partial charge in [0.05, 0.1) is 0 Å². The summed E-state index contributed by atoms with van der Waals surface area (Å²) in [6.45, 7) is 8.62. The molecule has 0 aromatic heterocycles. The number of amides is 2. The summed E-state index contributed by atoms with van der Waals surface area (Å²) in [5.41, 5.74) is 0. The van der Waals surface area contributed by atoms with Crippen molar-refractivity contribution in [3.63, 3.8) is 0 Å². The Hall–Kier alpha value is -1.06. The molecule has 4 nitrogen and oxygen atoms in total. The van der Waals surface area contributed by atoms with Gasteiger partial charge in [-0.15, -0.1) is 0 Å². The second kappa shape index (κ2) is 6.76. The minimum absolute atomic E-state index is 0.00686. The van der Waals surface area contributed by atoms with Gasteiger partial charge in [0, 0.05) is 6.54 Å². The average molecular weight is 254 g/mol. The van der Waals surface area contributed by atoms with Crippen LogP contribution in [0.15, 0.2) is 0 Å². The van der Waals surface area contributed by atoms with Crippen molar-refractivity contribution in [1.29, 1.82) is 0 Å². The zero-order valence-corrected chi connectivity index (χ0v) is 12.0. The van der Waals surface area contributed by atoms with Crippen LogP contribution in [0.4, 0.5) is 0 Å². The average Bonchev–Trinajstić information content (AvgIpc) is 2.29. The van der Waals surface area contributed by atoms with Crippen molar-refractivity contribution >= 4 is 11.8 Å². The van der Waals surface area contributed by atoms with Crippen LogP contribution in [0.1, 0.15) is 53.4 Å². The molecule has 18 heavy (non-hydrogen) atoms. The Morgan fingerprint density at radius 2 is 1.89 bits per heavy atom. The fourth-order valence-corrected chi connectivity index (χ4v) is 2.51. The summed E-state index contributed by atoms with van der Waals surface area (Å²) in [6.07, 6.45) is 4.48. The maximum absolute atomic E-state index is 12.2. The number of hydrogen-bond acceptors (Lipinski definition) is 2. The molecule has 1 fully saturated rings. The van der Waals surface area contributed by atoms with Gasteiger partial charge in [0.1, 0.15) is 12.1 Å². The normalized spacial score (nSPS) is 24.6. The first kappa shape index (κ1) is 15.0. The number of hydrogen-bond donors (Lipinski definition) is 1. The highest BCUT2D eigenvalue weighted by Gasteiger charge is 2.39. The summed E-state index contributed by atoms with van der Waals surface area (Å²) < 4.78 is 0. The first-order valence-corrected chi connectivity index (χ1v) is 7.09. The highest BCUT2D eigenvalue weighted by Crippen LogP contribution is 2.18. The summed E-state index contributed by atoms with van der Waals surface area (Å²) in [7, 11) is 0. The molecule has 0 bridgehead atoms. The van der Waals surface area contributed by atoms with E-state index in [1.54, 1.807) is 11.8 Å². The number of carbonyl (C=O) groups excluding carboxylic acids is 2. The molecule has 1 heterocycles. The maximum atomic E-state index is 12.2. The topological polar surface area (TPSA) is 49.4 Å². The molecule has 0 spiro atoms. The van der Waals surface area contributed by atoms with Crippen LogP contribution in [0, 0.1) is 5.92 Å². The van der Waals surface area contributed by atoms with Gasteiger partial charge in [-0.05, 0) is 19.3 Å². The molecule has 0 aliphatic carbocycles. The Labute approximate surface area is 110 Å². The lowest BCUT2D eigenvalue weighted by Gasteiger charge is -2.40. The van der Waals surface area contributed by atoms with Crippen LogP contribution in [-0.2, 0) is 9.59 Å². The van der Waals surface area contributed by atoms with E-state index in [0.29, 0.717) is 6.54 Å². The van der Waals surface area contributed by atoms with Crippen LogP contribution in [-0.4, -0.2) is 35.3 Å². The van der Waals surface area contributed by atoms with Crippen LogP contribution in [0.5, 0.6) is 0 Å². The summed E-state index contributed by atoms with van der Waals surface area (Å²) in [6, 6.07) is -0.672. The number of rotatable bonds is 6. The van der Waals surface area contributed by atoms with E-state index in [2.05, 4.69) is 12.2 Å². The first-order chi connectivity index (χ1) is 8.49. The van der Waals surface area contributed by atoms with Gasteiger partial charge in [-0.1, -0.05) is 40.0 Å². The van der Waals surface area contributed by atoms with Gasteiger partial charge in [0.2, 0.25) is 11.8 Å². The quantitative estimate of drug-likeness (QED) is 0.736. The second-order valence-corrected chi connectivity index (χ2v) is 5.51. The molecule has 0 saturated carbocycles. The van der Waals surface area contributed by atoms with E-state index in [-0.39, 0.29) is 29.8 Å². The Bertz CT molecular complexity index is 302. The first-order valence-electron chi connectivity index (χ1n) is 7.09. The highest BCUT2D eigenvalue weighted by molar-refractivity contribution is 5.96. The molecule has 1 N–H and O–H groups in total. The van der Waals surface area contributed by atoms with E-state index in [1.807, 2.05) is 13.8 Å². The zero-order valence-electron chi connectivity index (χ0n) is 12.0. The summed E-state index contributed by atoms with van der Waals surface area (Å²) in [4.78, 5) is 25.9. The van der Waals surface area contributed by atoms with Crippen molar-refractivity contribution < 1.29 is 9.59 Å². The summed E-state index contributed by atoms with van der Waals surface area (Å²) >= 11 is 0. The second-order valence-electron chi connectivity index (χ2n) is 5.51. The third kappa shape index (κ3) is 3.47. The lowest BCUT2D eigenvalue weighted by atomic mass is 9.97. The number of unbranched alkanes of at least 4 members (excludes halogenated alkanes) is 3. The number of piperazine rings is 1. The molecule has 2 unspecified atom stereocenters. The van der Waals surface area contributed by atoms with Gasteiger partial charge in [-0.3, -0.25) is 9.59 Å². The van der Waals surface area contributed by atoms with Crippen LogP contribution >= 0.6 is 0 Å². The van der Waals surface area contributed by atoms with Crippen LogP contribution in [0.25, 0.3) is 0 Å². The smallest absolute Gasteiger partial charge is 0.245 e. The number of nitrogens with zero attached hydrogens (tertiary/aromatic N) is 1. The van der Waals surface area contributed by atoms with Crippen molar-refractivity contribution in [2.24, 2.45) is 5.92 Å². The molecule has 1 aliphatic rings. The molecule has 0 aromatic rings. The SMILES string of the molecule is CCCCCCN1C(=O)C(C)NC(=O)C1C(C)C. The Morgan fingerprint density at radius 3 is 2.44 bits per heavy atom. The van der Waals surface area contributed by atoms with Crippen molar-refractivity contribution in [2.75, 3.05) is 6.54 Å². The third-order valence-corrected chi connectivity index (χ3v) is 3.50. The third-order valence-electron chi connectivity index (χ3n) is 3.50. The van der Waals surface area contributed by atoms with Gasteiger partial charge in [0.15, 0.2) is 0 Å². The van der Waals surface area contributed by atoms with Crippen molar-refractivity contribution in [3.05, 3.63) is 0 Å². The number of nitrogens with one attached hydrogen (secondary N) is 1. The van der Waals surface area contributed by atoms with Crippen molar-refractivity contribution in [1.82, 2.24) is 10.2 Å². The van der Waals surface area contributed by atoms with Gasteiger partial charge in [-0.2, -0.15) is 0 Å². The molecule has 1 saturated heterocycles. The molecule has 0 aromatic carbocycles. The van der Waals surface area contributed by atoms with E-state index in [4.69, 9.17) is 0 Å². The minimum atomic E-state index is -0.376. The van der Waals surface area contributed by atoms with Crippen LogP contribution in [0.2, 0.25) is 0 Å².